The van der Waals surface area contributed by atoms with Crippen LogP contribution in [0.5, 0.6) is 0 Å². The Morgan fingerprint density at radius 2 is 2.61 bits per heavy atom. The Morgan fingerprint density at radius 3 is 3.28 bits per heavy atom. The van der Waals surface area contributed by atoms with E-state index >= 15 is 0 Å². The number of nitrogens with two attached hydrogens (primary N) is 1. The maximum atomic E-state index is 5.78. The van der Waals surface area contributed by atoms with Crippen molar-refractivity contribution in [2.75, 3.05) is 19.7 Å². The van der Waals surface area contributed by atoms with Gasteiger partial charge in [0.1, 0.15) is 0 Å². The van der Waals surface area contributed by atoms with Crippen LogP contribution in [0, 0.1) is 0 Å². The molecule has 1 atom stereocenters. The van der Waals surface area contributed by atoms with Gasteiger partial charge in [0.25, 0.3) is 0 Å². The molecule has 3 N–H and O–H groups in total. The molecule has 6 nitrogen and oxygen atoms in total. The molecule has 1 unspecified atom stereocenters. The largest absolute Gasteiger partial charge is 0.376 e. The predicted octanol–water partition coefficient (Wildman–Crippen LogP) is 0.0459. The van der Waals surface area contributed by atoms with Gasteiger partial charge in [-0.3, -0.25) is 9.67 Å². The van der Waals surface area contributed by atoms with E-state index in [0.29, 0.717) is 12.5 Å². The third-order valence-electron chi connectivity index (χ3n) is 2.97. The minimum atomic E-state index is 0.253. The van der Waals surface area contributed by atoms with Gasteiger partial charge in [0.05, 0.1) is 18.8 Å². The predicted molar refractivity (Wildman–Crippen MR) is 70.4 cm³/mol. The molecular weight excluding hydrogens is 230 g/mol. The van der Waals surface area contributed by atoms with E-state index in [1.54, 1.807) is 4.68 Å². The van der Waals surface area contributed by atoms with Crippen molar-refractivity contribution >= 4 is 5.96 Å². The fourth-order valence-corrected chi connectivity index (χ4v) is 1.98. The zero-order valence-corrected chi connectivity index (χ0v) is 10.8. The lowest BCUT2D eigenvalue weighted by atomic mass is 10.2. The molecule has 0 spiro atoms. The van der Waals surface area contributed by atoms with Crippen molar-refractivity contribution in [1.82, 2.24) is 15.1 Å². The lowest BCUT2D eigenvalue weighted by molar-refractivity contribution is 0.118. The van der Waals surface area contributed by atoms with Crippen LogP contribution < -0.4 is 11.1 Å². The van der Waals surface area contributed by atoms with Crippen LogP contribution in [0.15, 0.2) is 17.4 Å². The summed E-state index contributed by atoms with van der Waals surface area (Å²) in [6.45, 7) is 2.28. The fraction of sp³-hybridized carbons (Fsp3) is 0.667. The molecule has 0 saturated carbocycles. The van der Waals surface area contributed by atoms with E-state index in [9.17, 15) is 0 Å². The first kappa shape index (κ1) is 12.9. The first-order valence-electron chi connectivity index (χ1n) is 6.37. The highest BCUT2D eigenvalue weighted by molar-refractivity contribution is 5.77. The monoisotopic (exact) mass is 251 g/mol. The average Bonchev–Trinajstić information content (AvgIpc) is 2.98. The minimum absolute atomic E-state index is 0.253. The minimum Gasteiger partial charge on any atom is -0.376 e. The molecule has 1 aromatic heterocycles. The van der Waals surface area contributed by atoms with Crippen LogP contribution in [0.1, 0.15) is 18.4 Å². The maximum Gasteiger partial charge on any atom is 0.188 e. The van der Waals surface area contributed by atoms with Crippen molar-refractivity contribution in [3.8, 4) is 0 Å². The second-order valence-corrected chi connectivity index (χ2v) is 4.56. The number of aromatic nitrogens is 2. The first-order valence-corrected chi connectivity index (χ1v) is 6.37. The number of aryl methyl sites for hydroxylation is 1. The number of ether oxygens (including phenoxy) is 1. The Kier molecular flexibility index (Phi) is 4.58. The molecule has 6 heteroatoms. The average molecular weight is 251 g/mol. The zero-order chi connectivity index (χ0) is 12.8. The van der Waals surface area contributed by atoms with Gasteiger partial charge in [0.15, 0.2) is 5.96 Å². The van der Waals surface area contributed by atoms with E-state index in [-0.39, 0.29) is 6.10 Å². The third kappa shape index (κ3) is 4.03. The number of guanidine groups is 1. The molecule has 2 heterocycles. The number of hydrogen-bond acceptors (Lipinski definition) is 3. The summed E-state index contributed by atoms with van der Waals surface area (Å²) in [6.07, 6.45) is 7.23. The van der Waals surface area contributed by atoms with Gasteiger partial charge in [-0.1, -0.05) is 0 Å². The summed E-state index contributed by atoms with van der Waals surface area (Å²) in [7, 11) is 1.91. The van der Waals surface area contributed by atoms with Crippen molar-refractivity contribution in [2.45, 2.75) is 25.4 Å². The highest BCUT2D eigenvalue weighted by Crippen LogP contribution is 2.11. The van der Waals surface area contributed by atoms with E-state index in [0.717, 1.165) is 32.4 Å². The Labute approximate surface area is 107 Å². The summed E-state index contributed by atoms with van der Waals surface area (Å²) in [6, 6.07) is 0. The lowest BCUT2D eigenvalue weighted by Gasteiger charge is -2.07. The molecule has 1 aromatic rings. The summed E-state index contributed by atoms with van der Waals surface area (Å²) in [4.78, 5) is 4.28. The van der Waals surface area contributed by atoms with E-state index in [2.05, 4.69) is 15.4 Å². The number of hydrogen-bond donors (Lipinski definition) is 2. The summed E-state index contributed by atoms with van der Waals surface area (Å²) in [5, 5.41) is 7.21. The second kappa shape index (κ2) is 6.39. The highest BCUT2D eigenvalue weighted by Gasteiger charge is 2.14. The van der Waals surface area contributed by atoms with Crippen molar-refractivity contribution < 1.29 is 4.74 Å². The quantitative estimate of drug-likeness (QED) is 0.572. The van der Waals surface area contributed by atoms with Crippen LogP contribution in [0.2, 0.25) is 0 Å². The first-order chi connectivity index (χ1) is 8.74. The number of nitrogens with one attached hydrogen (secondary N) is 1. The Morgan fingerprint density at radius 1 is 1.72 bits per heavy atom. The molecule has 2 rings (SSSR count). The van der Waals surface area contributed by atoms with Gasteiger partial charge in [-0.15, -0.1) is 0 Å². The molecule has 100 valence electrons. The SMILES string of the molecule is Cn1cc(CCNC(N)=NCC2CCCO2)cn1. The van der Waals surface area contributed by atoms with Gasteiger partial charge in [0, 0.05) is 26.4 Å². The molecule has 0 aromatic carbocycles. The normalized spacial score (nSPS) is 20.3. The highest BCUT2D eigenvalue weighted by atomic mass is 16.5. The van der Waals surface area contributed by atoms with Crippen molar-refractivity contribution in [3.05, 3.63) is 18.0 Å². The van der Waals surface area contributed by atoms with Gasteiger partial charge in [0.2, 0.25) is 0 Å². The summed E-state index contributed by atoms with van der Waals surface area (Å²) < 4.78 is 7.27. The van der Waals surface area contributed by atoms with Crippen LogP contribution in [-0.2, 0) is 18.2 Å². The maximum absolute atomic E-state index is 5.78. The van der Waals surface area contributed by atoms with Crippen molar-refractivity contribution in [3.63, 3.8) is 0 Å². The molecule has 0 amide bonds. The van der Waals surface area contributed by atoms with Gasteiger partial charge in [-0.25, -0.2) is 0 Å². The summed E-state index contributed by atoms with van der Waals surface area (Å²) >= 11 is 0. The standard InChI is InChI=1S/C12H21N5O/c1-17-9-10(7-16-17)4-5-14-12(13)15-8-11-3-2-6-18-11/h7,9,11H,2-6,8H2,1H3,(H3,13,14,15). The number of aliphatic imine (C=N–C) groups is 1. The van der Waals surface area contributed by atoms with E-state index in [1.165, 1.54) is 5.56 Å². The number of rotatable bonds is 5. The molecule has 18 heavy (non-hydrogen) atoms. The Hall–Kier alpha value is -1.56. The van der Waals surface area contributed by atoms with Gasteiger partial charge in [-0.05, 0) is 24.8 Å². The van der Waals surface area contributed by atoms with E-state index < -0.39 is 0 Å². The smallest absolute Gasteiger partial charge is 0.188 e. The molecule has 0 aliphatic carbocycles. The van der Waals surface area contributed by atoms with Crippen LogP contribution in [-0.4, -0.2) is 41.5 Å². The van der Waals surface area contributed by atoms with Crippen molar-refractivity contribution in [2.24, 2.45) is 17.8 Å². The van der Waals surface area contributed by atoms with Crippen molar-refractivity contribution in [1.29, 1.82) is 0 Å². The molecular formula is C12H21N5O. The van der Waals surface area contributed by atoms with E-state index in [1.807, 2.05) is 19.4 Å². The van der Waals surface area contributed by atoms with Gasteiger partial charge >= 0.3 is 0 Å². The lowest BCUT2D eigenvalue weighted by Crippen LogP contribution is -2.34. The van der Waals surface area contributed by atoms with E-state index in [4.69, 9.17) is 10.5 Å². The van der Waals surface area contributed by atoms with Gasteiger partial charge in [-0.2, -0.15) is 5.10 Å². The topological polar surface area (TPSA) is 77.5 Å². The Balaban J connectivity index is 1.64. The van der Waals surface area contributed by atoms with Gasteiger partial charge < -0.3 is 15.8 Å². The van der Waals surface area contributed by atoms with Crippen LogP contribution in [0.25, 0.3) is 0 Å². The molecule has 1 saturated heterocycles. The third-order valence-corrected chi connectivity index (χ3v) is 2.97. The van der Waals surface area contributed by atoms with Crippen LogP contribution in [0.3, 0.4) is 0 Å². The summed E-state index contributed by atoms with van der Waals surface area (Å²) in [5.74, 6) is 0.495. The summed E-state index contributed by atoms with van der Waals surface area (Å²) in [5.41, 5.74) is 6.98. The number of nitrogens with zero attached hydrogens (tertiary/aromatic N) is 3. The fourth-order valence-electron chi connectivity index (χ4n) is 1.98. The molecule has 0 radical (unpaired) electrons. The molecule has 1 aliphatic rings. The van der Waals surface area contributed by atoms with Crippen LogP contribution >= 0.6 is 0 Å². The molecule has 0 bridgehead atoms. The molecule has 1 aliphatic heterocycles. The van der Waals surface area contributed by atoms with Crippen LogP contribution in [0.4, 0.5) is 0 Å². The molecule has 1 fully saturated rings. The Bertz CT molecular complexity index is 395. The zero-order valence-electron chi connectivity index (χ0n) is 10.8. The second-order valence-electron chi connectivity index (χ2n) is 4.56.